The van der Waals surface area contributed by atoms with Crippen LogP contribution in [0.2, 0.25) is 0 Å². The van der Waals surface area contributed by atoms with E-state index in [1.165, 1.54) is 96.3 Å². The van der Waals surface area contributed by atoms with E-state index in [0.717, 1.165) is 44.9 Å². The Morgan fingerprint density at radius 1 is 0.680 bits per heavy atom. The van der Waals surface area contributed by atoms with Gasteiger partial charge in [0.05, 0.1) is 25.4 Å². The molecule has 1 rings (SSSR count). The molecule has 7 unspecified atom stereocenters. The smallest absolute Gasteiger partial charge is 0.220 e. The molecule has 9 heteroatoms. The highest BCUT2D eigenvalue weighted by molar-refractivity contribution is 5.76. The first-order chi connectivity index (χ1) is 24.3. The molecular weight excluding hydrogens is 634 g/mol. The second kappa shape index (κ2) is 32.1. The van der Waals surface area contributed by atoms with Gasteiger partial charge >= 0.3 is 0 Å². The van der Waals surface area contributed by atoms with Crippen LogP contribution in [0.4, 0.5) is 0 Å². The maximum atomic E-state index is 12.9. The summed E-state index contributed by atoms with van der Waals surface area (Å²) in [6, 6.07) is -0.802. The van der Waals surface area contributed by atoms with E-state index in [-0.39, 0.29) is 12.5 Å². The maximum absolute atomic E-state index is 12.9. The van der Waals surface area contributed by atoms with Crippen LogP contribution in [0.5, 0.6) is 0 Å². The van der Waals surface area contributed by atoms with Crippen molar-refractivity contribution in [1.82, 2.24) is 5.32 Å². The zero-order chi connectivity index (χ0) is 36.7. The summed E-state index contributed by atoms with van der Waals surface area (Å²) in [5.74, 6) is -0.187. The van der Waals surface area contributed by atoms with E-state index in [4.69, 9.17) is 9.47 Å². The van der Waals surface area contributed by atoms with Crippen molar-refractivity contribution in [2.24, 2.45) is 0 Å². The van der Waals surface area contributed by atoms with Crippen molar-refractivity contribution in [2.75, 3.05) is 13.2 Å². The Morgan fingerprint density at radius 2 is 1.18 bits per heavy atom. The van der Waals surface area contributed by atoms with Crippen molar-refractivity contribution < 1.29 is 39.8 Å². The fourth-order valence-corrected chi connectivity index (χ4v) is 6.12. The zero-order valence-corrected chi connectivity index (χ0v) is 31.6. The van der Waals surface area contributed by atoms with Gasteiger partial charge in [-0.25, -0.2) is 0 Å². The molecule has 7 atom stereocenters. The highest BCUT2D eigenvalue weighted by Crippen LogP contribution is 2.22. The van der Waals surface area contributed by atoms with Gasteiger partial charge in [0.2, 0.25) is 5.91 Å². The van der Waals surface area contributed by atoms with E-state index >= 15 is 0 Å². The normalized spacial score (nSPS) is 22.6. The second-order valence-electron chi connectivity index (χ2n) is 14.1. The molecule has 0 spiro atoms. The summed E-state index contributed by atoms with van der Waals surface area (Å²) in [7, 11) is 0. The summed E-state index contributed by atoms with van der Waals surface area (Å²) in [4.78, 5) is 12.9. The first-order valence-corrected chi connectivity index (χ1v) is 20.2. The maximum Gasteiger partial charge on any atom is 0.220 e. The van der Waals surface area contributed by atoms with Gasteiger partial charge < -0.3 is 40.3 Å². The van der Waals surface area contributed by atoms with Crippen molar-refractivity contribution in [3.8, 4) is 0 Å². The SMILES string of the molecule is CCCCC/C=C\C/C=C\CCCCCCCCCCCC(=O)NC(COC1OC(CO)C(O)C(O)C1O)C(O)/C=C/CCCCCCCC. The predicted octanol–water partition coefficient (Wildman–Crippen LogP) is 7.33. The van der Waals surface area contributed by atoms with E-state index in [1.54, 1.807) is 6.08 Å². The lowest BCUT2D eigenvalue weighted by Gasteiger charge is -2.40. The number of allylic oxidation sites excluding steroid dienone is 5. The van der Waals surface area contributed by atoms with Crippen LogP contribution in [-0.4, -0.2) is 87.5 Å². The Balaban J connectivity index is 2.34. The van der Waals surface area contributed by atoms with Gasteiger partial charge in [0.15, 0.2) is 6.29 Å². The van der Waals surface area contributed by atoms with Gasteiger partial charge in [-0.1, -0.05) is 140 Å². The number of hydrogen-bond acceptors (Lipinski definition) is 8. The van der Waals surface area contributed by atoms with Crippen molar-refractivity contribution in [1.29, 1.82) is 0 Å². The van der Waals surface area contributed by atoms with Crippen molar-refractivity contribution in [3.63, 3.8) is 0 Å². The number of nitrogens with one attached hydrogen (secondary N) is 1. The van der Waals surface area contributed by atoms with Gasteiger partial charge in [0.25, 0.3) is 0 Å². The highest BCUT2D eigenvalue weighted by atomic mass is 16.7. The summed E-state index contributed by atoms with van der Waals surface area (Å²) in [5.41, 5.74) is 0. The number of carbonyl (C=O) groups is 1. The van der Waals surface area contributed by atoms with Crippen LogP contribution in [0.15, 0.2) is 36.5 Å². The number of rotatable bonds is 32. The number of carbonyl (C=O) groups excluding carboxylic acids is 1. The number of aliphatic hydroxyl groups is 5. The minimum absolute atomic E-state index is 0.187. The molecule has 1 amide bonds. The molecule has 1 aliphatic heterocycles. The van der Waals surface area contributed by atoms with E-state index in [9.17, 15) is 30.3 Å². The van der Waals surface area contributed by atoms with Crippen molar-refractivity contribution in [2.45, 2.75) is 204 Å². The van der Waals surface area contributed by atoms with Gasteiger partial charge in [-0.3, -0.25) is 4.79 Å². The quantitative estimate of drug-likeness (QED) is 0.0314. The molecular formula is C41H75NO8. The van der Waals surface area contributed by atoms with E-state index in [2.05, 4.69) is 43.5 Å². The zero-order valence-electron chi connectivity index (χ0n) is 31.6. The number of unbranched alkanes of at least 4 members (excludes halogenated alkanes) is 18. The van der Waals surface area contributed by atoms with Gasteiger partial charge in [0, 0.05) is 6.42 Å². The molecule has 1 saturated heterocycles. The second-order valence-corrected chi connectivity index (χ2v) is 14.1. The van der Waals surface area contributed by atoms with Crippen LogP contribution < -0.4 is 5.32 Å². The van der Waals surface area contributed by atoms with Crippen LogP contribution >= 0.6 is 0 Å². The van der Waals surface area contributed by atoms with Crippen LogP contribution in [0, 0.1) is 0 Å². The molecule has 292 valence electrons. The first-order valence-electron chi connectivity index (χ1n) is 20.2. The fraction of sp³-hybridized carbons (Fsp3) is 0.829. The standard InChI is InChI=1S/C41H75NO8/c1-3-5-7-9-11-13-14-15-16-17-18-19-20-21-22-23-25-27-29-31-37(45)42-34(35(44)30-28-26-24-12-10-8-6-4-2)33-49-41-40(48)39(47)38(46)36(32-43)50-41/h11,13,15-16,28,30,34-36,38-41,43-44,46-48H,3-10,12,14,17-27,29,31-33H2,1-2H3,(H,42,45)/b13-11-,16-15-,30-28+. The minimum atomic E-state index is -1.56. The highest BCUT2D eigenvalue weighted by Gasteiger charge is 2.44. The van der Waals surface area contributed by atoms with E-state index in [0.29, 0.717) is 6.42 Å². The molecule has 1 heterocycles. The molecule has 1 aliphatic rings. The third-order valence-electron chi connectivity index (χ3n) is 9.46. The van der Waals surface area contributed by atoms with Crippen molar-refractivity contribution in [3.05, 3.63) is 36.5 Å². The lowest BCUT2D eigenvalue weighted by Crippen LogP contribution is -2.60. The molecule has 50 heavy (non-hydrogen) atoms. The van der Waals surface area contributed by atoms with Gasteiger partial charge in [-0.2, -0.15) is 0 Å². The third-order valence-corrected chi connectivity index (χ3v) is 9.46. The fourth-order valence-electron chi connectivity index (χ4n) is 6.12. The van der Waals surface area contributed by atoms with E-state index in [1.807, 2.05) is 6.08 Å². The van der Waals surface area contributed by atoms with Crippen LogP contribution in [0.1, 0.15) is 162 Å². The minimum Gasteiger partial charge on any atom is -0.394 e. The largest absolute Gasteiger partial charge is 0.394 e. The Hall–Kier alpha value is -1.59. The Morgan fingerprint density at radius 3 is 1.76 bits per heavy atom. The summed E-state index contributed by atoms with van der Waals surface area (Å²) in [5, 5.41) is 53.8. The van der Waals surface area contributed by atoms with Gasteiger partial charge in [0.1, 0.15) is 24.4 Å². The lowest BCUT2D eigenvalue weighted by atomic mass is 9.99. The summed E-state index contributed by atoms with van der Waals surface area (Å²) in [6.07, 6.45) is 30.5. The predicted molar refractivity (Wildman–Crippen MR) is 203 cm³/mol. The average Bonchev–Trinajstić information content (AvgIpc) is 3.11. The number of aliphatic hydroxyl groups excluding tert-OH is 5. The molecule has 0 aromatic heterocycles. The van der Waals surface area contributed by atoms with Gasteiger partial charge in [-0.15, -0.1) is 0 Å². The first kappa shape index (κ1) is 46.4. The van der Waals surface area contributed by atoms with Crippen molar-refractivity contribution >= 4 is 5.91 Å². The monoisotopic (exact) mass is 710 g/mol. The number of hydrogen-bond donors (Lipinski definition) is 6. The summed E-state index contributed by atoms with van der Waals surface area (Å²) < 4.78 is 11.1. The Labute approximate surface area is 304 Å². The molecule has 0 aliphatic carbocycles. The number of ether oxygens (including phenoxy) is 2. The van der Waals surface area contributed by atoms with Crippen LogP contribution in [0.3, 0.4) is 0 Å². The number of amides is 1. The molecule has 0 aromatic rings. The average molecular weight is 710 g/mol. The molecule has 0 saturated carbocycles. The molecule has 0 radical (unpaired) electrons. The summed E-state index contributed by atoms with van der Waals surface area (Å²) in [6.45, 7) is 3.68. The Kier molecular flexibility index (Phi) is 29.8. The molecule has 0 bridgehead atoms. The lowest BCUT2D eigenvalue weighted by molar-refractivity contribution is -0.302. The van der Waals surface area contributed by atoms with Crippen LogP contribution in [0.25, 0.3) is 0 Å². The molecule has 0 aromatic carbocycles. The Bertz CT molecular complexity index is 879. The third kappa shape index (κ3) is 23.1. The van der Waals surface area contributed by atoms with E-state index < -0.39 is 49.5 Å². The molecule has 6 N–H and O–H groups in total. The molecule has 1 fully saturated rings. The molecule has 9 nitrogen and oxygen atoms in total. The van der Waals surface area contributed by atoms with Crippen LogP contribution in [-0.2, 0) is 14.3 Å². The topological polar surface area (TPSA) is 149 Å². The summed E-state index contributed by atoms with van der Waals surface area (Å²) >= 11 is 0. The van der Waals surface area contributed by atoms with Gasteiger partial charge in [-0.05, 0) is 51.4 Å².